The zero-order valence-corrected chi connectivity index (χ0v) is 10.3. The smallest absolute Gasteiger partial charge is 0.336 e. The van der Waals surface area contributed by atoms with Gasteiger partial charge >= 0.3 is 5.97 Å². The zero-order valence-electron chi connectivity index (χ0n) is 10.3. The molecular formula is C15H16O2. The number of carboxylic acids is 1. The number of carbonyl (C=O) groups is 1. The molecule has 0 amide bonds. The Morgan fingerprint density at radius 1 is 1.12 bits per heavy atom. The van der Waals surface area contributed by atoms with E-state index >= 15 is 0 Å². The predicted octanol–water partition coefficient (Wildman–Crippen LogP) is 3.97. The van der Waals surface area contributed by atoms with Crippen LogP contribution in [-0.2, 0) is 0 Å². The summed E-state index contributed by atoms with van der Waals surface area (Å²) in [4.78, 5) is 11.2. The Morgan fingerprint density at radius 3 is 2.41 bits per heavy atom. The van der Waals surface area contributed by atoms with Crippen LogP contribution in [0, 0.1) is 6.92 Å². The molecule has 0 radical (unpaired) electrons. The molecule has 0 fully saturated rings. The molecule has 2 rings (SSSR count). The van der Waals surface area contributed by atoms with Crippen molar-refractivity contribution in [1.82, 2.24) is 0 Å². The normalized spacial score (nSPS) is 11.1. The highest BCUT2D eigenvalue weighted by atomic mass is 16.4. The monoisotopic (exact) mass is 228 g/mol. The second-order valence-corrected chi connectivity index (χ2v) is 4.71. The fourth-order valence-electron chi connectivity index (χ4n) is 2.17. The molecule has 0 saturated heterocycles. The van der Waals surface area contributed by atoms with Crippen molar-refractivity contribution < 1.29 is 9.90 Å². The minimum absolute atomic E-state index is 0.379. The minimum Gasteiger partial charge on any atom is -0.478 e. The summed E-state index contributed by atoms with van der Waals surface area (Å²) in [5.74, 6) is -0.476. The number of carboxylic acid groups (broad SMARTS) is 1. The lowest BCUT2D eigenvalue weighted by Gasteiger charge is -2.12. The second-order valence-electron chi connectivity index (χ2n) is 4.71. The van der Waals surface area contributed by atoms with Crippen LogP contribution in [0.15, 0.2) is 30.3 Å². The molecule has 2 aromatic carbocycles. The number of hydrogen-bond donors (Lipinski definition) is 1. The van der Waals surface area contributed by atoms with Gasteiger partial charge in [-0.15, -0.1) is 0 Å². The van der Waals surface area contributed by atoms with Crippen molar-refractivity contribution in [2.24, 2.45) is 0 Å². The van der Waals surface area contributed by atoms with E-state index in [-0.39, 0.29) is 0 Å². The van der Waals surface area contributed by atoms with Gasteiger partial charge in [0.15, 0.2) is 0 Å². The van der Waals surface area contributed by atoms with E-state index in [1.165, 1.54) is 5.56 Å². The van der Waals surface area contributed by atoms with Crippen molar-refractivity contribution in [2.75, 3.05) is 0 Å². The van der Waals surface area contributed by atoms with Crippen LogP contribution >= 0.6 is 0 Å². The third-order valence-electron chi connectivity index (χ3n) is 3.06. The molecule has 2 nitrogen and oxygen atoms in total. The van der Waals surface area contributed by atoms with Gasteiger partial charge in [-0.3, -0.25) is 0 Å². The van der Waals surface area contributed by atoms with E-state index in [9.17, 15) is 9.90 Å². The summed E-state index contributed by atoms with van der Waals surface area (Å²) in [7, 11) is 0. The Hall–Kier alpha value is -1.83. The van der Waals surface area contributed by atoms with E-state index < -0.39 is 5.97 Å². The van der Waals surface area contributed by atoms with E-state index in [0.29, 0.717) is 11.5 Å². The highest BCUT2D eigenvalue weighted by molar-refractivity contribution is 6.05. The fourth-order valence-corrected chi connectivity index (χ4v) is 2.17. The maximum Gasteiger partial charge on any atom is 0.336 e. The molecule has 88 valence electrons. The minimum atomic E-state index is -0.867. The highest BCUT2D eigenvalue weighted by Crippen LogP contribution is 2.29. The van der Waals surface area contributed by atoms with Gasteiger partial charge in [0.25, 0.3) is 0 Å². The largest absolute Gasteiger partial charge is 0.478 e. The Balaban J connectivity index is 2.85. The average Bonchev–Trinajstić information content (AvgIpc) is 2.26. The first-order valence-corrected chi connectivity index (χ1v) is 5.77. The molecule has 2 heteroatoms. The lowest BCUT2D eigenvalue weighted by molar-refractivity contribution is 0.0699. The van der Waals surface area contributed by atoms with Crippen molar-refractivity contribution >= 4 is 16.7 Å². The molecule has 1 N–H and O–H groups in total. The van der Waals surface area contributed by atoms with Gasteiger partial charge in [0.2, 0.25) is 0 Å². The lowest BCUT2D eigenvalue weighted by Crippen LogP contribution is -2.00. The summed E-state index contributed by atoms with van der Waals surface area (Å²) in [6.07, 6.45) is 0. The Kier molecular flexibility index (Phi) is 2.88. The summed E-state index contributed by atoms with van der Waals surface area (Å²) < 4.78 is 0. The van der Waals surface area contributed by atoms with Gasteiger partial charge in [-0.1, -0.05) is 43.7 Å². The van der Waals surface area contributed by atoms with Crippen LogP contribution in [0.4, 0.5) is 0 Å². The number of fused-ring (bicyclic) bond motifs is 1. The molecule has 0 unspecified atom stereocenters. The van der Waals surface area contributed by atoms with Crippen molar-refractivity contribution in [3.05, 3.63) is 47.0 Å². The van der Waals surface area contributed by atoms with Gasteiger partial charge < -0.3 is 5.11 Å². The molecule has 0 atom stereocenters. The molecule has 0 bridgehead atoms. The Morgan fingerprint density at radius 2 is 1.82 bits per heavy atom. The molecule has 2 aromatic rings. The first-order chi connectivity index (χ1) is 8.00. The lowest BCUT2D eigenvalue weighted by atomic mass is 9.92. The SMILES string of the molecule is Cc1ccc2c(C(=O)O)ccc(C(C)C)c2c1. The number of aromatic carboxylic acids is 1. The molecule has 0 aliphatic rings. The van der Waals surface area contributed by atoms with Gasteiger partial charge in [0, 0.05) is 0 Å². The van der Waals surface area contributed by atoms with Crippen molar-refractivity contribution in [2.45, 2.75) is 26.7 Å². The first kappa shape index (κ1) is 11.6. The van der Waals surface area contributed by atoms with Gasteiger partial charge in [-0.2, -0.15) is 0 Å². The van der Waals surface area contributed by atoms with Crippen LogP contribution in [-0.4, -0.2) is 11.1 Å². The Bertz CT molecular complexity index is 583. The van der Waals surface area contributed by atoms with Gasteiger partial charge in [-0.05, 0) is 35.2 Å². The third kappa shape index (κ3) is 2.03. The fraction of sp³-hybridized carbons (Fsp3) is 0.267. The van der Waals surface area contributed by atoms with Crippen LogP contribution in [0.25, 0.3) is 10.8 Å². The van der Waals surface area contributed by atoms with E-state index in [1.54, 1.807) is 6.07 Å². The standard InChI is InChI=1S/C15H16O2/c1-9(2)11-6-7-13(15(16)17)12-5-4-10(3)8-14(11)12/h4-9H,1-3H3,(H,16,17). The molecule has 0 heterocycles. The second kappa shape index (κ2) is 4.21. The zero-order chi connectivity index (χ0) is 12.6. The van der Waals surface area contributed by atoms with Crippen molar-refractivity contribution in [1.29, 1.82) is 0 Å². The highest BCUT2D eigenvalue weighted by Gasteiger charge is 2.12. The average molecular weight is 228 g/mol. The van der Waals surface area contributed by atoms with E-state index in [0.717, 1.165) is 16.3 Å². The van der Waals surface area contributed by atoms with Crippen molar-refractivity contribution in [3.8, 4) is 0 Å². The molecule has 0 aliphatic heterocycles. The molecule has 0 aliphatic carbocycles. The summed E-state index contributed by atoms with van der Waals surface area (Å²) in [6.45, 7) is 6.27. The molecule has 0 aromatic heterocycles. The van der Waals surface area contributed by atoms with E-state index in [1.807, 2.05) is 25.1 Å². The third-order valence-corrected chi connectivity index (χ3v) is 3.06. The van der Waals surface area contributed by atoms with Crippen LogP contribution in [0.2, 0.25) is 0 Å². The van der Waals surface area contributed by atoms with Crippen LogP contribution in [0.1, 0.15) is 41.3 Å². The maximum atomic E-state index is 11.2. The number of rotatable bonds is 2. The number of aryl methyl sites for hydroxylation is 1. The quantitative estimate of drug-likeness (QED) is 0.844. The molecular weight excluding hydrogens is 212 g/mol. The summed E-state index contributed by atoms with van der Waals surface area (Å²) in [5, 5.41) is 11.1. The summed E-state index contributed by atoms with van der Waals surface area (Å²) >= 11 is 0. The van der Waals surface area contributed by atoms with Gasteiger partial charge in [0.1, 0.15) is 0 Å². The predicted molar refractivity (Wildman–Crippen MR) is 69.7 cm³/mol. The topological polar surface area (TPSA) is 37.3 Å². The van der Waals surface area contributed by atoms with E-state index in [2.05, 4.69) is 19.9 Å². The molecule has 17 heavy (non-hydrogen) atoms. The first-order valence-electron chi connectivity index (χ1n) is 5.77. The molecule has 0 spiro atoms. The van der Waals surface area contributed by atoms with Gasteiger partial charge in [-0.25, -0.2) is 4.79 Å². The van der Waals surface area contributed by atoms with Crippen molar-refractivity contribution in [3.63, 3.8) is 0 Å². The number of hydrogen-bond acceptors (Lipinski definition) is 1. The summed E-state index contributed by atoms with van der Waals surface area (Å²) in [6, 6.07) is 9.56. The maximum absolute atomic E-state index is 11.2. The van der Waals surface area contributed by atoms with Crippen LogP contribution < -0.4 is 0 Å². The summed E-state index contributed by atoms with van der Waals surface area (Å²) in [5.41, 5.74) is 2.74. The molecule has 0 saturated carbocycles. The Labute approximate surface area is 101 Å². The number of benzene rings is 2. The van der Waals surface area contributed by atoms with E-state index in [4.69, 9.17) is 0 Å². The van der Waals surface area contributed by atoms with Gasteiger partial charge in [0.05, 0.1) is 5.56 Å². The van der Waals surface area contributed by atoms with Crippen LogP contribution in [0.5, 0.6) is 0 Å². The van der Waals surface area contributed by atoms with Crippen LogP contribution in [0.3, 0.4) is 0 Å².